The molecule has 3 aromatic rings. The van der Waals surface area contributed by atoms with E-state index in [4.69, 9.17) is 9.47 Å². The van der Waals surface area contributed by atoms with Crippen molar-refractivity contribution in [2.45, 2.75) is 31.5 Å². The normalized spacial score (nSPS) is 16.8. The quantitative estimate of drug-likeness (QED) is 0.422. The van der Waals surface area contributed by atoms with Crippen molar-refractivity contribution in [3.05, 3.63) is 60.3 Å². The van der Waals surface area contributed by atoms with Gasteiger partial charge in [0.05, 0.1) is 24.5 Å². The van der Waals surface area contributed by atoms with E-state index < -0.39 is 18.4 Å². The molecule has 12 heteroatoms. The maximum atomic E-state index is 12.7. The topological polar surface area (TPSA) is 124 Å². The number of nitrogens with zero attached hydrogens (tertiary/aromatic N) is 5. The fourth-order valence-electron chi connectivity index (χ4n) is 4.83. The van der Waals surface area contributed by atoms with Crippen molar-refractivity contribution in [1.82, 2.24) is 14.9 Å². The highest BCUT2D eigenvalue weighted by molar-refractivity contribution is 5.81. The first-order valence-corrected chi connectivity index (χ1v) is 13.4. The molecule has 0 bridgehead atoms. The zero-order valence-electron chi connectivity index (χ0n) is 22.2. The number of benzene rings is 2. The Labute approximate surface area is 236 Å². The largest absolute Gasteiger partial charge is 0.489 e. The number of piperidine rings is 1. The third-order valence-corrected chi connectivity index (χ3v) is 7.09. The van der Waals surface area contributed by atoms with Crippen molar-refractivity contribution in [2.75, 3.05) is 49.6 Å². The van der Waals surface area contributed by atoms with Gasteiger partial charge < -0.3 is 29.7 Å². The van der Waals surface area contributed by atoms with E-state index in [1.54, 1.807) is 30.5 Å². The number of carbonyl (C=O) groups excluding carboxylic acids is 1. The molecule has 0 unspecified atom stereocenters. The van der Waals surface area contributed by atoms with Gasteiger partial charge in [0.15, 0.2) is 6.10 Å². The molecule has 2 fully saturated rings. The van der Waals surface area contributed by atoms with Gasteiger partial charge in [0.2, 0.25) is 5.95 Å². The van der Waals surface area contributed by atoms with E-state index in [9.17, 15) is 23.9 Å². The molecule has 2 saturated heterocycles. The Morgan fingerprint density at radius 2 is 1.83 bits per heavy atom. The number of hydrogen-bond acceptors (Lipinski definition) is 9. The van der Waals surface area contributed by atoms with Crippen LogP contribution in [-0.4, -0.2) is 83.9 Å². The molecule has 2 aromatic carbocycles. The standard InChI is InChI=1S/C29H30F2N6O4/c30-27(31)26(38)28(39)37-11-8-23(9-12-37)41-25-6-1-19(17-20(25)18-32)24-7-10-33-29(35-24)34-21-2-4-22(5-3-21)36-13-15-40-16-14-36/h1-7,10,17,23,26-27,38H,8-9,11-16H2,(H,33,34,35)/t26-/m0/s1. The summed E-state index contributed by atoms with van der Waals surface area (Å²) < 4.78 is 36.8. The summed E-state index contributed by atoms with van der Waals surface area (Å²) in [5.41, 5.74) is 3.63. The third-order valence-electron chi connectivity index (χ3n) is 7.09. The number of rotatable bonds is 8. The number of ether oxygens (including phenoxy) is 2. The minimum absolute atomic E-state index is 0.180. The molecule has 1 atom stereocenters. The first-order chi connectivity index (χ1) is 19.9. The van der Waals surface area contributed by atoms with E-state index >= 15 is 0 Å². The number of alkyl halides is 2. The maximum Gasteiger partial charge on any atom is 0.273 e. The van der Waals surface area contributed by atoms with Crippen LogP contribution >= 0.6 is 0 Å². The number of nitriles is 1. The molecule has 10 nitrogen and oxygen atoms in total. The summed E-state index contributed by atoms with van der Waals surface area (Å²) in [6.07, 6.45) is -3.31. The molecule has 3 heterocycles. The van der Waals surface area contributed by atoms with Crippen LogP contribution in [0.15, 0.2) is 54.7 Å². The van der Waals surface area contributed by atoms with Crippen LogP contribution in [0.25, 0.3) is 11.3 Å². The Morgan fingerprint density at radius 1 is 1.10 bits per heavy atom. The van der Waals surface area contributed by atoms with E-state index in [-0.39, 0.29) is 19.2 Å². The van der Waals surface area contributed by atoms with Gasteiger partial charge in [-0.15, -0.1) is 0 Å². The number of aliphatic hydroxyl groups excluding tert-OH is 1. The number of amides is 1. The van der Waals surface area contributed by atoms with Gasteiger partial charge in [-0.1, -0.05) is 0 Å². The zero-order chi connectivity index (χ0) is 28.8. The number of halogens is 2. The van der Waals surface area contributed by atoms with Gasteiger partial charge in [0.25, 0.3) is 12.3 Å². The van der Waals surface area contributed by atoms with Crippen LogP contribution in [0.4, 0.5) is 26.1 Å². The Bertz CT molecular complexity index is 1390. The fraction of sp³-hybridized carbons (Fsp3) is 0.379. The minimum Gasteiger partial charge on any atom is -0.489 e. The Kier molecular flexibility index (Phi) is 8.86. The average Bonchev–Trinajstić information content (AvgIpc) is 3.02. The average molecular weight is 565 g/mol. The summed E-state index contributed by atoms with van der Waals surface area (Å²) in [4.78, 5) is 24.4. The number of likely N-dealkylation sites (tertiary alicyclic amines) is 1. The van der Waals surface area contributed by atoms with Gasteiger partial charge in [-0.3, -0.25) is 4.79 Å². The molecular weight excluding hydrogens is 534 g/mol. The predicted molar refractivity (Wildman–Crippen MR) is 147 cm³/mol. The lowest BCUT2D eigenvalue weighted by Gasteiger charge is -2.33. The summed E-state index contributed by atoms with van der Waals surface area (Å²) in [5.74, 6) is -0.177. The van der Waals surface area contributed by atoms with Crippen molar-refractivity contribution in [1.29, 1.82) is 5.26 Å². The predicted octanol–water partition coefficient (Wildman–Crippen LogP) is 3.59. The number of morpholine rings is 1. The van der Waals surface area contributed by atoms with Gasteiger partial charge >= 0.3 is 0 Å². The Hall–Kier alpha value is -4.34. The lowest BCUT2D eigenvalue weighted by atomic mass is 10.1. The molecule has 5 rings (SSSR count). The summed E-state index contributed by atoms with van der Waals surface area (Å²) in [6.45, 7) is 3.53. The summed E-state index contributed by atoms with van der Waals surface area (Å²) in [5, 5.41) is 22.4. The van der Waals surface area contributed by atoms with Crippen LogP contribution in [0.3, 0.4) is 0 Å². The molecule has 2 aliphatic rings. The number of anilines is 3. The van der Waals surface area contributed by atoms with E-state index in [0.717, 1.165) is 37.7 Å². The first-order valence-electron chi connectivity index (χ1n) is 13.4. The van der Waals surface area contributed by atoms with Crippen LogP contribution in [-0.2, 0) is 9.53 Å². The van der Waals surface area contributed by atoms with Gasteiger partial charge in [-0.05, 0) is 48.5 Å². The smallest absolute Gasteiger partial charge is 0.273 e. The Balaban J connectivity index is 1.21. The number of nitrogens with one attached hydrogen (secondary N) is 1. The van der Waals surface area contributed by atoms with Gasteiger partial charge in [0.1, 0.15) is 17.9 Å². The molecule has 0 saturated carbocycles. The number of aromatic nitrogens is 2. The molecule has 1 aromatic heterocycles. The second-order valence-corrected chi connectivity index (χ2v) is 9.78. The number of carbonyl (C=O) groups is 1. The van der Waals surface area contributed by atoms with Crippen LogP contribution in [0, 0.1) is 11.3 Å². The minimum atomic E-state index is -3.12. The molecule has 0 radical (unpaired) electrons. The SMILES string of the molecule is N#Cc1cc(-c2ccnc(Nc3ccc(N4CCOCC4)cc3)n2)ccc1OC1CCN(C(=O)[C@@H](O)C(F)F)CC1. The second kappa shape index (κ2) is 12.9. The molecular formula is C29H30F2N6O4. The van der Waals surface area contributed by atoms with Crippen molar-refractivity contribution in [3.8, 4) is 23.1 Å². The monoisotopic (exact) mass is 564 g/mol. The molecule has 41 heavy (non-hydrogen) atoms. The molecule has 2 aliphatic heterocycles. The third kappa shape index (κ3) is 6.87. The first kappa shape index (κ1) is 28.2. The number of hydrogen-bond donors (Lipinski definition) is 2. The van der Waals surface area contributed by atoms with E-state index in [1.807, 2.05) is 24.3 Å². The van der Waals surface area contributed by atoms with Crippen LogP contribution in [0.1, 0.15) is 18.4 Å². The summed E-state index contributed by atoms with van der Waals surface area (Å²) in [7, 11) is 0. The summed E-state index contributed by atoms with van der Waals surface area (Å²) >= 11 is 0. The van der Waals surface area contributed by atoms with Gasteiger partial charge in [-0.2, -0.15) is 5.26 Å². The second-order valence-electron chi connectivity index (χ2n) is 9.78. The lowest BCUT2D eigenvalue weighted by molar-refractivity contribution is -0.150. The van der Waals surface area contributed by atoms with Gasteiger partial charge in [0, 0.05) is 62.2 Å². The van der Waals surface area contributed by atoms with Crippen LogP contribution in [0.5, 0.6) is 5.75 Å². The lowest BCUT2D eigenvalue weighted by Crippen LogP contribution is -2.47. The van der Waals surface area contributed by atoms with Crippen LogP contribution < -0.4 is 15.0 Å². The highest BCUT2D eigenvalue weighted by Crippen LogP contribution is 2.29. The van der Waals surface area contributed by atoms with Crippen LogP contribution in [0.2, 0.25) is 0 Å². The molecule has 1 amide bonds. The van der Waals surface area contributed by atoms with Gasteiger partial charge in [-0.25, -0.2) is 18.7 Å². The zero-order valence-corrected chi connectivity index (χ0v) is 22.2. The van der Waals surface area contributed by atoms with E-state index in [1.165, 1.54) is 4.90 Å². The van der Waals surface area contributed by atoms with Crippen molar-refractivity contribution < 1.29 is 28.2 Å². The van der Waals surface area contributed by atoms with Crippen molar-refractivity contribution in [3.63, 3.8) is 0 Å². The highest BCUT2D eigenvalue weighted by Gasteiger charge is 2.33. The molecule has 214 valence electrons. The molecule has 2 N–H and O–H groups in total. The van der Waals surface area contributed by atoms with E-state index in [2.05, 4.69) is 26.3 Å². The molecule has 0 aliphatic carbocycles. The summed E-state index contributed by atoms with van der Waals surface area (Å²) in [6, 6.07) is 17.1. The Morgan fingerprint density at radius 3 is 2.51 bits per heavy atom. The fourth-order valence-corrected chi connectivity index (χ4v) is 4.83. The molecule has 0 spiro atoms. The van der Waals surface area contributed by atoms with Crippen molar-refractivity contribution in [2.24, 2.45) is 0 Å². The highest BCUT2D eigenvalue weighted by atomic mass is 19.3. The van der Waals surface area contributed by atoms with Crippen molar-refractivity contribution >= 4 is 23.2 Å². The number of aliphatic hydroxyl groups is 1. The maximum absolute atomic E-state index is 12.7. The van der Waals surface area contributed by atoms with E-state index in [0.29, 0.717) is 41.4 Å².